The fourth-order valence-corrected chi connectivity index (χ4v) is 2.20. The summed E-state index contributed by atoms with van der Waals surface area (Å²) >= 11 is 3.29. The number of piperidine rings is 1. The van der Waals surface area contributed by atoms with Gasteiger partial charge in [-0.05, 0) is 40.8 Å². The molecule has 0 amide bonds. The van der Waals surface area contributed by atoms with Crippen molar-refractivity contribution in [1.82, 2.24) is 9.97 Å². The summed E-state index contributed by atoms with van der Waals surface area (Å²) in [5.41, 5.74) is 0. The second-order valence-electron chi connectivity index (χ2n) is 3.88. The molecule has 4 heteroatoms. The molecule has 0 spiro atoms. The third-order valence-corrected chi connectivity index (χ3v) is 2.97. The molecular weight excluding hydrogens is 242 g/mol. The minimum atomic E-state index is 0.674. The predicted molar refractivity (Wildman–Crippen MR) is 60.3 cm³/mol. The lowest BCUT2D eigenvalue weighted by Gasteiger charge is -2.31. The minimum absolute atomic E-state index is 0.674. The van der Waals surface area contributed by atoms with Gasteiger partial charge in [-0.15, -0.1) is 0 Å². The van der Waals surface area contributed by atoms with Crippen LogP contribution in [-0.4, -0.2) is 23.1 Å². The first-order valence-corrected chi connectivity index (χ1v) is 5.78. The van der Waals surface area contributed by atoms with E-state index in [0.717, 1.165) is 24.8 Å². The Balaban J connectivity index is 2.14. The van der Waals surface area contributed by atoms with Crippen LogP contribution in [0, 0.1) is 5.92 Å². The summed E-state index contributed by atoms with van der Waals surface area (Å²) < 4.78 is 0.674. The van der Waals surface area contributed by atoms with Gasteiger partial charge in [0.15, 0.2) is 4.73 Å². The van der Waals surface area contributed by atoms with Crippen LogP contribution >= 0.6 is 15.9 Å². The summed E-state index contributed by atoms with van der Waals surface area (Å²) in [6.45, 7) is 4.53. The lowest BCUT2D eigenvalue weighted by molar-refractivity contribution is 0.444. The Hall–Kier alpha value is -0.640. The SMILES string of the molecule is CC1CCCN(c2ccnc(Br)n2)C1. The third-order valence-electron chi connectivity index (χ3n) is 2.59. The van der Waals surface area contributed by atoms with Gasteiger partial charge < -0.3 is 4.90 Å². The molecule has 1 saturated heterocycles. The molecule has 3 nitrogen and oxygen atoms in total. The molecule has 1 aliphatic heterocycles. The first-order chi connectivity index (χ1) is 6.75. The molecule has 1 atom stereocenters. The standard InChI is InChI=1S/C10H14BrN3/c1-8-3-2-6-14(7-8)9-4-5-12-10(11)13-9/h4-5,8H,2-3,6-7H2,1H3. The number of anilines is 1. The van der Waals surface area contributed by atoms with E-state index in [1.54, 1.807) is 6.20 Å². The molecule has 1 fully saturated rings. The molecule has 1 aromatic rings. The quantitative estimate of drug-likeness (QED) is 0.723. The van der Waals surface area contributed by atoms with Crippen LogP contribution in [0.4, 0.5) is 5.82 Å². The Morgan fingerprint density at radius 2 is 2.43 bits per heavy atom. The zero-order valence-electron chi connectivity index (χ0n) is 8.28. The van der Waals surface area contributed by atoms with Crippen LogP contribution in [0.3, 0.4) is 0 Å². The third kappa shape index (κ3) is 2.23. The van der Waals surface area contributed by atoms with Crippen LogP contribution in [0.1, 0.15) is 19.8 Å². The average molecular weight is 256 g/mol. The van der Waals surface area contributed by atoms with Crippen molar-refractivity contribution in [2.24, 2.45) is 5.92 Å². The zero-order chi connectivity index (χ0) is 9.97. The van der Waals surface area contributed by atoms with Crippen LogP contribution < -0.4 is 4.90 Å². The van der Waals surface area contributed by atoms with E-state index in [4.69, 9.17) is 0 Å². The van der Waals surface area contributed by atoms with E-state index in [1.165, 1.54) is 12.8 Å². The second kappa shape index (κ2) is 4.26. The van der Waals surface area contributed by atoms with Crippen molar-refractivity contribution in [3.8, 4) is 0 Å². The van der Waals surface area contributed by atoms with Crippen LogP contribution in [0.2, 0.25) is 0 Å². The number of rotatable bonds is 1. The van der Waals surface area contributed by atoms with Crippen LogP contribution in [0.5, 0.6) is 0 Å². The van der Waals surface area contributed by atoms with Gasteiger partial charge in [0.2, 0.25) is 0 Å². The highest BCUT2D eigenvalue weighted by Crippen LogP contribution is 2.21. The molecule has 0 aliphatic carbocycles. The molecular formula is C10H14BrN3. The van der Waals surface area contributed by atoms with Gasteiger partial charge >= 0.3 is 0 Å². The number of nitrogens with zero attached hydrogens (tertiary/aromatic N) is 3. The second-order valence-corrected chi connectivity index (χ2v) is 4.59. The molecule has 0 radical (unpaired) electrons. The molecule has 0 aromatic carbocycles. The average Bonchev–Trinajstić information content (AvgIpc) is 2.18. The van der Waals surface area contributed by atoms with Crippen LogP contribution in [-0.2, 0) is 0 Å². The van der Waals surface area contributed by atoms with Crippen molar-refractivity contribution in [2.45, 2.75) is 19.8 Å². The molecule has 1 aromatic heterocycles. The normalized spacial score (nSPS) is 22.4. The smallest absolute Gasteiger partial charge is 0.198 e. The molecule has 14 heavy (non-hydrogen) atoms. The first-order valence-electron chi connectivity index (χ1n) is 4.99. The molecule has 0 bridgehead atoms. The van der Waals surface area contributed by atoms with Gasteiger partial charge in [0.05, 0.1) is 0 Å². The molecule has 1 unspecified atom stereocenters. The van der Waals surface area contributed by atoms with Gasteiger partial charge in [-0.1, -0.05) is 6.92 Å². The van der Waals surface area contributed by atoms with Crippen molar-refractivity contribution < 1.29 is 0 Å². The van der Waals surface area contributed by atoms with Gasteiger partial charge in [-0.25, -0.2) is 9.97 Å². The van der Waals surface area contributed by atoms with Crippen LogP contribution in [0.25, 0.3) is 0 Å². The Bertz CT molecular complexity index is 316. The highest BCUT2D eigenvalue weighted by molar-refractivity contribution is 9.10. The van der Waals surface area contributed by atoms with Crippen molar-refractivity contribution >= 4 is 21.7 Å². The highest BCUT2D eigenvalue weighted by Gasteiger charge is 2.17. The molecule has 0 N–H and O–H groups in total. The van der Waals surface area contributed by atoms with Gasteiger partial charge in [0.25, 0.3) is 0 Å². The summed E-state index contributed by atoms with van der Waals surface area (Å²) in [5, 5.41) is 0. The zero-order valence-corrected chi connectivity index (χ0v) is 9.87. The Kier molecular flexibility index (Phi) is 3.01. The van der Waals surface area contributed by atoms with Gasteiger partial charge in [0.1, 0.15) is 5.82 Å². The topological polar surface area (TPSA) is 29.0 Å². The first kappa shape index (κ1) is 9.90. The van der Waals surface area contributed by atoms with Crippen molar-refractivity contribution in [1.29, 1.82) is 0 Å². The summed E-state index contributed by atoms with van der Waals surface area (Å²) in [4.78, 5) is 10.7. The largest absolute Gasteiger partial charge is 0.356 e. The number of aromatic nitrogens is 2. The van der Waals surface area contributed by atoms with Crippen LogP contribution in [0.15, 0.2) is 17.0 Å². The van der Waals surface area contributed by atoms with Crippen molar-refractivity contribution in [3.63, 3.8) is 0 Å². The highest BCUT2D eigenvalue weighted by atomic mass is 79.9. The monoisotopic (exact) mass is 255 g/mol. The maximum Gasteiger partial charge on any atom is 0.198 e. The van der Waals surface area contributed by atoms with E-state index in [-0.39, 0.29) is 0 Å². The summed E-state index contributed by atoms with van der Waals surface area (Å²) in [6.07, 6.45) is 4.40. The van der Waals surface area contributed by atoms with E-state index in [9.17, 15) is 0 Å². The van der Waals surface area contributed by atoms with Gasteiger partial charge in [-0.3, -0.25) is 0 Å². The van der Waals surface area contributed by atoms with E-state index >= 15 is 0 Å². The fraction of sp³-hybridized carbons (Fsp3) is 0.600. The van der Waals surface area contributed by atoms with E-state index in [0.29, 0.717) is 4.73 Å². The summed E-state index contributed by atoms with van der Waals surface area (Å²) in [6, 6.07) is 1.98. The molecule has 76 valence electrons. The number of halogens is 1. The van der Waals surface area contributed by atoms with Crippen molar-refractivity contribution in [3.05, 3.63) is 17.0 Å². The Labute approximate surface area is 92.7 Å². The number of hydrogen-bond donors (Lipinski definition) is 0. The summed E-state index contributed by atoms with van der Waals surface area (Å²) in [5.74, 6) is 1.82. The lowest BCUT2D eigenvalue weighted by Crippen LogP contribution is -2.34. The van der Waals surface area contributed by atoms with Crippen molar-refractivity contribution in [2.75, 3.05) is 18.0 Å². The maximum absolute atomic E-state index is 4.36. The molecule has 2 rings (SSSR count). The Morgan fingerprint density at radius 1 is 1.57 bits per heavy atom. The molecule has 1 aliphatic rings. The van der Waals surface area contributed by atoms with Gasteiger partial charge in [0, 0.05) is 19.3 Å². The van der Waals surface area contributed by atoms with Gasteiger partial charge in [-0.2, -0.15) is 0 Å². The minimum Gasteiger partial charge on any atom is -0.356 e. The van der Waals surface area contributed by atoms with E-state index < -0.39 is 0 Å². The predicted octanol–water partition coefficient (Wildman–Crippen LogP) is 2.48. The summed E-state index contributed by atoms with van der Waals surface area (Å²) in [7, 11) is 0. The molecule has 0 saturated carbocycles. The number of hydrogen-bond acceptors (Lipinski definition) is 3. The van der Waals surface area contributed by atoms with E-state index in [1.807, 2.05) is 6.07 Å². The molecule has 2 heterocycles. The lowest BCUT2D eigenvalue weighted by atomic mass is 10.0. The maximum atomic E-state index is 4.36. The fourth-order valence-electron chi connectivity index (χ4n) is 1.90. The van der Waals surface area contributed by atoms with E-state index in [2.05, 4.69) is 37.7 Å². The Morgan fingerprint density at radius 3 is 3.14 bits per heavy atom.